The standard InChI is InChI=1S/C11H13ClFNO/c1-14-5-4-10(15)11(14)7-2-3-9(13)8(12)6-7/h2-3,6,10-11,15H,4-5H2,1H3. The zero-order valence-electron chi connectivity index (χ0n) is 8.45. The van der Waals surface area contributed by atoms with Gasteiger partial charge in [0.2, 0.25) is 0 Å². The van der Waals surface area contributed by atoms with Crippen LogP contribution in [0, 0.1) is 5.82 Å². The fourth-order valence-electron chi connectivity index (χ4n) is 2.10. The van der Waals surface area contributed by atoms with Gasteiger partial charge in [-0.25, -0.2) is 4.39 Å². The Hall–Kier alpha value is -0.640. The highest BCUT2D eigenvalue weighted by Crippen LogP contribution is 2.32. The van der Waals surface area contributed by atoms with Gasteiger partial charge in [-0.05, 0) is 31.2 Å². The lowest BCUT2D eigenvalue weighted by molar-refractivity contribution is 0.127. The van der Waals surface area contributed by atoms with Crippen LogP contribution >= 0.6 is 11.6 Å². The molecule has 1 aliphatic heterocycles. The molecule has 0 bridgehead atoms. The minimum atomic E-state index is -0.421. The molecule has 4 heteroatoms. The molecule has 15 heavy (non-hydrogen) atoms. The highest BCUT2D eigenvalue weighted by Gasteiger charge is 2.31. The Kier molecular flexibility index (Phi) is 2.96. The minimum absolute atomic E-state index is 0.0666. The van der Waals surface area contributed by atoms with Crippen LogP contribution in [0.4, 0.5) is 4.39 Å². The third-order valence-corrected chi connectivity index (χ3v) is 3.19. The van der Waals surface area contributed by atoms with E-state index in [1.165, 1.54) is 6.07 Å². The summed E-state index contributed by atoms with van der Waals surface area (Å²) in [5, 5.41) is 9.91. The van der Waals surface area contributed by atoms with E-state index in [1.807, 2.05) is 11.9 Å². The van der Waals surface area contributed by atoms with Crippen LogP contribution < -0.4 is 0 Å². The van der Waals surface area contributed by atoms with E-state index in [-0.39, 0.29) is 11.1 Å². The zero-order valence-corrected chi connectivity index (χ0v) is 9.21. The van der Waals surface area contributed by atoms with Crippen LogP contribution in [0.1, 0.15) is 18.0 Å². The number of aliphatic hydroxyl groups is 1. The summed E-state index contributed by atoms with van der Waals surface area (Å²) in [7, 11) is 1.94. The normalized spacial score (nSPS) is 27.2. The van der Waals surface area contributed by atoms with Crippen LogP contribution in [0.3, 0.4) is 0 Å². The van der Waals surface area contributed by atoms with Gasteiger partial charge in [0.25, 0.3) is 0 Å². The van der Waals surface area contributed by atoms with Crippen molar-refractivity contribution in [3.05, 3.63) is 34.6 Å². The van der Waals surface area contributed by atoms with Gasteiger partial charge < -0.3 is 5.11 Å². The number of rotatable bonds is 1. The van der Waals surface area contributed by atoms with Crippen LogP contribution in [0.15, 0.2) is 18.2 Å². The summed E-state index contributed by atoms with van der Waals surface area (Å²) >= 11 is 5.71. The van der Waals surface area contributed by atoms with Gasteiger partial charge in [-0.1, -0.05) is 17.7 Å². The summed E-state index contributed by atoms with van der Waals surface area (Å²) < 4.78 is 13.0. The Morgan fingerprint density at radius 2 is 2.27 bits per heavy atom. The Bertz CT molecular complexity index is 362. The lowest BCUT2D eigenvalue weighted by Crippen LogP contribution is -2.23. The molecule has 82 valence electrons. The quantitative estimate of drug-likeness (QED) is 0.798. The smallest absolute Gasteiger partial charge is 0.141 e. The highest BCUT2D eigenvalue weighted by molar-refractivity contribution is 6.30. The van der Waals surface area contributed by atoms with E-state index in [4.69, 9.17) is 11.6 Å². The summed E-state index contributed by atoms with van der Waals surface area (Å²) in [6, 6.07) is 4.54. The van der Waals surface area contributed by atoms with Crippen molar-refractivity contribution < 1.29 is 9.50 Å². The number of hydrogen-bond acceptors (Lipinski definition) is 2. The molecule has 2 atom stereocenters. The highest BCUT2D eigenvalue weighted by atomic mass is 35.5. The van der Waals surface area contributed by atoms with E-state index in [9.17, 15) is 9.50 Å². The van der Waals surface area contributed by atoms with Gasteiger partial charge in [-0.15, -0.1) is 0 Å². The summed E-state index contributed by atoms with van der Waals surface area (Å²) in [6.07, 6.45) is 0.354. The number of aliphatic hydroxyl groups excluding tert-OH is 1. The summed E-state index contributed by atoms with van der Waals surface area (Å²) in [4.78, 5) is 2.05. The summed E-state index contributed by atoms with van der Waals surface area (Å²) in [5.74, 6) is -0.421. The zero-order chi connectivity index (χ0) is 11.0. The molecular weight excluding hydrogens is 217 g/mol. The topological polar surface area (TPSA) is 23.5 Å². The largest absolute Gasteiger partial charge is 0.391 e. The van der Waals surface area contributed by atoms with E-state index >= 15 is 0 Å². The molecule has 1 aromatic rings. The van der Waals surface area contributed by atoms with Gasteiger partial charge in [-0.2, -0.15) is 0 Å². The Balaban J connectivity index is 2.32. The Labute approximate surface area is 93.3 Å². The first-order valence-electron chi connectivity index (χ1n) is 4.93. The van der Waals surface area contributed by atoms with Crippen LogP contribution in [0.5, 0.6) is 0 Å². The molecule has 0 spiro atoms. The van der Waals surface area contributed by atoms with Gasteiger partial charge in [0, 0.05) is 6.54 Å². The third kappa shape index (κ3) is 2.00. The molecule has 0 amide bonds. The lowest BCUT2D eigenvalue weighted by Gasteiger charge is -2.22. The van der Waals surface area contributed by atoms with Crippen LogP contribution in [-0.2, 0) is 0 Å². The van der Waals surface area contributed by atoms with E-state index in [0.717, 1.165) is 18.5 Å². The monoisotopic (exact) mass is 229 g/mol. The molecule has 0 saturated carbocycles. The maximum Gasteiger partial charge on any atom is 0.141 e. The predicted molar refractivity (Wildman–Crippen MR) is 57.4 cm³/mol. The maximum absolute atomic E-state index is 13.0. The number of likely N-dealkylation sites (tertiary alicyclic amines) is 1. The fourth-order valence-corrected chi connectivity index (χ4v) is 2.29. The Morgan fingerprint density at radius 3 is 2.80 bits per heavy atom. The molecule has 1 fully saturated rings. The van der Waals surface area contributed by atoms with Crippen molar-refractivity contribution in [1.29, 1.82) is 0 Å². The molecular formula is C11H13ClFNO. The number of hydrogen-bond donors (Lipinski definition) is 1. The second kappa shape index (κ2) is 4.08. The van der Waals surface area contributed by atoms with E-state index in [0.29, 0.717) is 0 Å². The van der Waals surface area contributed by atoms with E-state index < -0.39 is 11.9 Å². The molecule has 1 aliphatic rings. The SMILES string of the molecule is CN1CCC(O)C1c1ccc(F)c(Cl)c1. The van der Waals surface area contributed by atoms with Crippen molar-refractivity contribution in [3.63, 3.8) is 0 Å². The van der Waals surface area contributed by atoms with Gasteiger partial charge in [0.15, 0.2) is 0 Å². The van der Waals surface area contributed by atoms with Crippen LogP contribution in [-0.4, -0.2) is 29.7 Å². The second-order valence-corrected chi connectivity index (χ2v) is 4.36. The van der Waals surface area contributed by atoms with Gasteiger partial charge in [0.05, 0.1) is 17.2 Å². The number of likely N-dealkylation sites (N-methyl/N-ethyl adjacent to an activating group) is 1. The van der Waals surface area contributed by atoms with Crippen molar-refractivity contribution in [1.82, 2.24) is 4.90 Å². The molecule has 2 rings (SSSR count). The average Bonchev–Trinajstić information content (AvgIpc) is 2.52. The molecule has 1 saturated heterocycles. The molecule has 2 nitrogen and oxygen atoms in total. The van der Waals surface area contributed by atoms with Crippen molar-refractivity contribution in [2.45, 2.75) is 18.6 Å². The molecule has 1 heterocycles. The molecule has 0 aromatic heterocycles. The third-order valence-electron chi connectivity index (χ3n) is 2.90. The number of benzene rings is 1. The summed E-state index contributed by atoms with van der Waals surface area (Å²) in [6.45, 7) is 0.848. The first kappa shape index (κ1) is 10.9. The average molecular weight is 230 g/mol. The summed E-state index contributed by atoms with van der Waals surface area (Å²) in [5.41, 5.74) is 0.869. The minimum Gasteiger partial charge on any atom is -0.391 e. The molecule has 0 aliphatic carbocycles. The van der Waals surface area contributed by atoms with Crippen molar-refractivity contribution >= 4 is 11.6 Å². The maximum atomic E-state index is 13.0. The van der Waals surface area contributed by atoms with Crippen molar-refractivity contribution in [3.8, 4) is 0 Å². The van der Waals surface area contributed by atoms with E-state index in [1.54, 1.807) is 12.1 Å². The van der Waals surface area contributed by atoms with E-state index in [2.05, 4.69) is 0 Å². The first-order valence-corrected chi connectivity index (χ1v) is 5.30. The van der Waals surface area contributed by atoms with Crippen LogP contribution in [0.2, 0.25) is 5.02 Å². The van der Waals surface area contributed by atoms with Gasteiger partial charge >= 0.3 is 0 Å². The number of nitrogens with zero attached hydrogens (tertiary/aromatic N) is 1. The fraction of sp³-hybridized carbons (Fsp3) is 0.455. The first-order chi connectivity index (χ1) is 7.09. The predicted octanol–water partition coefficient (Wildman–Crippen LogP) is 2.22. The van der Waals surface area contributed by atoms with Crippen molar-refractivity contribution in [2.24, 2.45) is 0 Å². The Morgan fingerprint density at radius 1 is 1.53 bits per heavy atom. The number of halogens is 2. The van der Waals surface area contributed by atoms with Gasteiger partial charge in [-0.3, -0.25) is 4.90 Å². The molecule has 2 unspecified atom stereocenters. The van der Waals surface area contributed by atoms with Gasteiger partial charge in [0.1, 0.15) is 5.82 Å². The molecule has 1 N–H and O–H groups in total. The molecule has 1 aromatic carbocycles. The van der Waals surface area contributed by atoms with Crippen LogP contribution in [0.25, 0.3) is 0 Å². The lowest BCUT2D eigenvalue weighted by atomic mass is 10.0. The van der Waals surface area contributed by atoms with Crippen molar-refractivity contribution in [2.75, 3.05) is 13.6 Å². The second-order valence-electron chi connectivity index (χ2n) is 3.96. The molecule has 0 radical (unpaired) electrons.